The van der Waals surface area contributed by atoms with Crippen molar-refractivity contribution in [1.82, 2.24) is 4.57 Å². The number of nitrogens with zero attached hydrogens (tertiary/aromatic N) is 4. The van der Waals surface area contributed by atoms with E-state index in [0.29, 0.717) is 37.6 Å². The van der Waals surface area contributed by atoms with Crippen LogP contribution in [0.2, 0.25) is 0 Å². The molecule has 5 rings (SSSR count). The number of para-hydroxylation sites is 1. The maximum Gasteiger partial charge on any atom is 0.338 e. The van der Waals surface area contributed by atoms with Gasteiger partial charge in [0, 0.05) is 16.1 Å². The maximum absolute atomic E-state index is 14.2. The van der Waals surface area contributed by atoms with E-state index >= 15 is 0 Å². The molecular formula is C31H25BrN4O10S. The van der Waals surface area contributed by atoms with Crippen LogP contribution in [0, 0.1) is 20.2 Å². The quantitative estimate of drug-likeness (QED) is 0.120. The van der Waals surface area contributed by atoms with Gasteiger partial charge in [0.1, 0.15) is 5.75 Å². The highest BCUT2D eigenvalue weighted by atomic mass is 79.9. The van der Waals surface area contributed by atoms with Gasteiger partial charge in [-0.15, -0.1) is 0 Å². The molecule has 0 spiro atoms. The Kier molecular flexibility index (Phi) is 9.53. The van der Waals surface area contributed by atoms with Gasteiger partial charge >= 0.3 is 11.7 Å². The van der Waals surface area contributed by atoms with Crippen molar-refractivity contribution in [3.05, 3.63) is 121 Å². The molecule has 0 fully saturated rings. The molecule has 1 aliphatic heterocycles. The fraction of sp³-hybridized carbons (Fsp3) is 0.194. The summed E-state index contributed by atoms with van der Waals surface area (Å²) in [6.45, 7) is 3.43. The summed E-state index contributed by atoms with van der Waals surface area (Å²) in [6.07, 6.45) is 1.54. The highest BCUT2D eigenvalue weighted by molar-refractivity contribution is 9.10. The zero-order valence-electron chi connectivity index (χ0n) is 25.2. The lowest BCUT2D eigenvalue weighted by Crippen LogP contribution is -2.40. The maximum atomic E-state index is 14.2. The van der Waals surface area contributed by atoms with E-state index in [4.69, 9.17) is 18.9 Å². The molecule has 242 valence electrons. The second kappa shape index (κ2) is 13.6. The number of halogens is 1. The van der Waals surface area contributed by atoms with Gasteiger partial charge in [-0.2, -0.15) is 0 Å². The first-order chi connectivity index (χ1) is 22.5. The monoisotopic (exact) mass is 724 g/mol. The van der Waals surface area contributed by atoms with Gasteiger partial charge in [0.15, 0.2) is 16.3 Å². The molecule has 0 unspecified atom stereocenters. The van der Waals surface area contributed by atoms with E-state index in [-0.39, 0.29) is 28.2 Å². The van der Waals surface area contributed by atoms with Gasteiger partial charge in [-0.1, -0.05) is 45.5 Å². The number of fused-ring (bicyclic) bond motifs is 1. The molecule has 16 heteroatoms. The predicted octanol–water partition coefficient (Wildman–Crippen LogP) is 5.19. The van der Waals surface area contributed by atoms with Crippen LogP contribution in [0.1, 0.15) is 31.0 Å². The Morgan fingerprint density at radius 2 is 1.72 bits per heavy atom. The molecule has 47 heavy (non-hydrogen) atoms. The number of non-ortho nitro benzene ring substituents is 1. The number of methoxy groups -OCH3 is 2. The molecule has 0 amide bonds. The van der Waals surface area contributed by atoms with Gasteiger partial charge in [-0.05, 0) is 49.8 Å². The van der Waals surface area contributed by atoms with E-state index in [9.17, 15) is 29.8 Å². The van der Waals surface area contributed by atoms with E-state index < -0.39 is 38.8 Å². The number of rotatable bonds is 10. The number of thiazole rings is 1. The smallest absolute Gasteiger partial charge is 0.338 e. The van der Waals surface area contributed by atoms with E-state index in [2.05, 4.69) is 20.9 Å². The van der Waals surface area contributed by atoms with Crippen molar-refractivity contribution in [3.63, 3.8) is 0 Å². The number of esters is 1. The van der Waals surface area contributed by atoms with Crippen molar-refractivity contribution in [2.45, 2.75) is 19.9 Å². The number of hydrogen-bond acceptors (Lipinski definition) is 12. The van der Waals surface area contributed by atoms with E-state index in [1.165, 1.54) is 18.8 Å². The van der Waals surface area contributed by atoms with Crippen molar-refractivity contribution in [3.8, 4) is 23.0 Å². The van der Waals surface area contributed by atoms with Crippen molar-refractivity contribution < 1.29 is 33.6 Å². The van der Waals surface area contributed by atoms with Gasteiger partial charge in [-0.3, -0.25) is 29.6 Å². The normalized spacial score (nSPS) is 14.2. The van der Waals surface area contributed by atoms with Crippen LogP contribution in [0.5, 0.6) is 23.0 Å². The van der Waals surface area contributed by atoms with Gasteiger partial charge in [0.05, 0.1) is 58.6 Å². The second-order valence-electron chi connectivity index (χ2n) is 9.84. The van der Waals surface area contributed by atoms with Gasteiger partial charge < -0.3 is 18.9 Å². The Hall–Kier alpha value is -5.35. The minimum absolute atomic E-state index is 0.101. The Morgan fingerprint density at radius 3 is 2.38 bits per heavy atom. The molecule has 2 heterocycles. The van der Waals surface area contributed by atoms with Crippen LogP contribution in [0.4, 0.5) is 11.4 Å². The van der Waals surface area contributed by atoms with Crippen molar-refractivity contribution in [1.29, 1.82) is 0 Å². The molecule has 0 bridgehead atoms. The SMILES string of the molecule is CCOC(=O)C1=C(C)N=c2s/c(=C/c3ccccc3Oc3ccc([N+](=O)[O-])cc3[N+](=O)[O-])c(=O)n2[C@@H]1c1cc(OC)c(OC)cc1Br. The molecule has 0 saturated carbocycles. The summed E-state index contributed by atoms with van der Waals surface area (Å²) in [7, 11) is 2.96. The lowest BCUT2D eigenvalue weighted by atomic mass is 9.95. The molecule has 0 aliphatic carbocycles. The number of carbonyl (C=O) groups is 1. The van der Waals surface area contributed by atoms with Crippen molar-refractivity contribution in [2.24, 2.45) is 4.99 Å². The van der Waals surface area contributed by atoms with Crippen LogP contribution in [-0.4, -0.2) is 41.2 Å². The number of ether oxygens (including phenoxy) is 4. The van der Waals surface area contributed by atoms with E-state index in [1.807, 2.05) is 0 Å². The average molecular weight is 726 g/mol. The lowest BCUT2D eigenvalue weighted by Gasteiger charge is -2.26. The number of carbonyl (C=O) groups excluding carboxylic acids is 1. The minimum atomic E-state index is -0.962. The minimum Gasteiger partial charge on any atom is -0.493 e. The average Bonchev–Trinajstić information content (AvgIpc) is 3.34. The van der Waals surface area contributed by atoms with Crippen molar-refractivity contribution >= 4 is 50.7 Å². The molecule has 1 atom stereocenters. The number of nitro benzene ring substituents is 2. The van der Waals surface area contributed by atoms with Crippen molar-refractivity contribution in [2.75, 3.05) is 20.8 Å². The lowest BCUT2D eigenvalue weighted by molar-refractivity contribution is -0.394. The van der Waals surface area contributed by atoms with Crippen LogP contribution >= 0.6 is 27.3 Å². The summed E-state index contributed by atoms with van der Waals surface area (Å²) in [5.41, 5.74) is -0.129. The largest absolute Gasteiger partial charge is 0.493 e. The zero-order valence-corrected chi connectivity index (χ0v) is 27.6. The molecule has 0 radical (unpaired) electrons. The first kappa shape index (κ1) is 33.0. The Bertz CT molecular complexity index is 2160. The zero-order chi connectivity index (χ0) is 34.0. The summed E-state index contributed by atoms with van der Waals surface area (Å²) in [4.78, 5) is 53.7. The third-order valence-electron chi connectivity index (χ3n) is 7.09. The fourth-order valence-electron chi connectivity index (χ4n) is 4.97. The second-order valence-corrected chi connectivity index (χ2v) is 11.7. The Morgan fingerprint density at radius 1 is 1.02 bits per heavy atom. The van der Waals surface area contributed by atoms with Crippen LogP contribution < -0.4 is 29.1 Å². The summed E-state index contributed by atoms with van der Waals surface area (Å²) in [5, 5.41) is 22.9. The number of nitro groups is 2. The molecular weight excluding hydrogens is 700 g/mol. The molecule has 3 aromatic carbocycles. The molecule has 4 aromatic rings. The molecule has 14 nitrogen and oxygen atoms in total. The number of aromatic nitrogens is 1. The summed E-state index contributed by atoms with van der Waals surface area (Å²) in [5.74, 6) is 0.0859. The molecule has 1 aromatic heterocycles. The first-order valence-corrected chi connectivity index (χ1v) is 15.4. The van der Waals surface area contributed by atoms with Crippen LogP contribution in [0.3, 0.4) is 0 Å². The summed E-state index contributed by atoms with van der Waals surface area (Å²) >= 11 is 4.64. The number of hydrogen-bond donors (Lipinski definition) is 0. The molecule has 1 aliphatic rings. The Labute approximate surface area is 278 Å². The highest BCUT2D eigenvalue weighted by Gasteiger charge is 2.35. The predicted molar refractivity (Wildman–Crippen MR) is 174 cm³/mol. The van der Waals surface area contributed by atoms with Crippen LogP contribution in [0.15, 0.2) is 80.1 Å². The number of allylic oxidation sites excluding steroid dienone is 1. The molecule has 0 saturated heterocycles. The van der Waals surface area contributed by atoms with Gasteiger partial charge in [0.2, 0.25) is 5.75 Å². The van der Waals surface area contributed by atoms with Crippen LogP contribution in [0.25, 0.3) is 6.08 Å². The third-order valence-corrected chi connectivity index (χ3v) is 8.76. The van der Waals surface area contributed by atoms with Crippen LogP contribution in [-0.2, 0) is 9.53 Å². The van der Waals surface area contributed by atoms with Gasteiger partial charge in [-0.25, -0.2) is 9.79 Å². The first-order valence-electron chi connectivity index (χ1n) is 13.8. The summed E-state index contributed by atoms with van der Waals surface area (Å²) < 4.78 is 24.3. The third kappa shape index (κ3) is 6.37. The topological polar surface area (TPSA) is 175 Å². The van der Waals surface area contributed by atoms with Gasteiger partial charge in [0.25, 0.3) is 11.2 Å². The summed E-state index contributed by atoms with van der Waals surface area (Å²) in [6, 6.07) is 11.9. The Balaban J connectivity index is 1.68. The fourth-order valence-corrected chi connectivity index (χ4v) is 6.54. The van der Waals surface area contributed by atoms with E-state index in [1.54, 1.807) is 56.3 Å². The molecule has 0 N–H and O–H groups in total. The standard InChI is InChI=1S/C31H25BrN4O10S/c1-5-45-30(38)27-16(2)33-31-34(28(27)19-14-24(43-3)25(44-4)15-20(19)32)29(37)26(47-31)12-17-8-6-7-9-22(17)46-23-11-10-18(35(39)40)13-21(23)36(41)42/h6-15,28H,5H2,1-4H3/b26-12+/t28-/m1/s1. The highest BCUT2D eigenvalue weighted by Crippen LogP contribution is 2.41. The number of benzene rings is 3. The van der Waals surface area contributed by atoms with E-state index in [0.717, 1.165) is 29.5 Å².